The number of hydrogen-bond acceptors (Lipinski definition) is 8. The van der Waals surface area contributed by atoms with Gasteiger partial charge in [-0.3, -0.25) is 10.1 Å². The molecule has 3 aromatic heterocycles. The molecule has 0 aromatic carbocycles. The lowest BCUT2D eigenvalue weighted by Gasteiger charge is -2.05. The summed E-state index contributed by atoms with van der Waals surface area (Å²) in [6.45, 7) is 0.227. The van der Waals surface area contributed by atoms with Gasteiger partial charge in [0.25, 0.3) is 0 Å². The van der Waals surface area contributed by atoms with Crippen LogP contribution < -0.4 is 5.32 Å². The molecule has 0 saturated carbocycles. The second-order valence-electron chi connectivity index (χ2n) is 4.14. The largest absolute Gasteiger partial charge is 0.477 e. The predicted octanol–water partition coefficient (Wildman–Crippen LogP) is 0.362. The van der Waals surface area contributed by atoms with Gasteiger partial charge in [-0.25, -0.2) is 24.7 Å². The first-order valence-corrected chi connectivity index (χ1v) is 6.19. The number of carboxylic acids is 1. The fourth-order valence-electron chi connectivity index (χ4n) is 1.70. The van der Waals surface area contributed by atoms with Crippen molar-refractivity contribution >= 4 is 11.8 Å². The van der Waals surface area contributed by atoms with Crippen LogP contribution in [-0.4, -0.2) is 46.2 Å². The van der Waals surface area contributed by atoms with Crippen LogP contribution in [0.25, 0.3) is 11.5 Å². The highest BCUT2D eigenvalue weighted by atomic mass is 16.4. The molecule has 0 aliphatic rings. The number of carbonyl (C=O) groups is 1. The van der Waals surface area contributed by atoms with Crippen molar-refractivity contribution in [2.24, 2.45) is 0 Å². The second kappa shape index (κ2) is 5.91. The molecule has 3 rings (SSSR count). The summed E-state index contributed by atoms with van der Waals surface area (Å²) >= 11 is 0. The molecule has 0 aliphatic heterocycles. The van der Waals surface area contributed by atoms with E-state index in [1.54, 1.807) is 18.6 Å². The van der Waals surface area contributed by atoms with E-state index in [2.05, 4.69) is 40.4 Å². The molecule has 3 heterocycles. The van der Waals surface area contributed by atoms with Crippen LogP contribution in [-0.2, 0) is 6.54 Å². The molecular formula is C12H10N8O2. The maximum atomic E-state index is 11.1. The third kappa shape index (κ3) is 2.85. The quantitative estimate of drug-likeness (QED) is 0.608. The third-order valence-electron chi connectivity index (χ3n) is 2.69. The highest BCUT2D eigenvalue weighted by Gasteiger charge is 2.12. The van der Waals surface area contributed by atoms with Crippen LogP contribution in [0.15, 0.2) is 31.1 Å². The van der Waals surface area contributed by atoms with E-state index >= 15 is 0 Å². The zero-order valence-electron chi connectivity index (χ0n) is 11.1. The molecule has 110 valence electrons. The van der Waals surface area contributed by atoms with Crippen molar-refractivity contribution in [2.45, 2.75) is 6.54 Å². The topological polar surface area (TPSA) is 142 Å². The van der Waals surface area contributed by atoms with Crippen molar-refractivity contribution < 1.29 is 9.90 Å². The molecule has 10 nitrogen and oxygen atoms in total. The maximum Gasteiger partial charge on any atom is 0.341 e. The zero-order valence-corrected chi connectivity index (χ0v) is 11.1. The molecule has 3 aromatic rings. The van der Waals surface area contributed by atoms with Crippen LogP contribution >= 0.6 is 0 Å². The highest BCUT2D eigenvalue weighted by molar-refractivity contribution is 5.92. The molecule has 0 spiro atoms. The van der Waals surface area contributed by atoms with E-state index in [0.29, 0.717) is 17.3 Å². The van der Waals surface area contributed by atoms with Crippen LogP contribution in [0.3, 0.4) is 0 Å². The first-order valence-electron chi connectivity index (χ1n) is 6.19. The van der Waals surface area contributed by atoms with Crippen molar-refractivity contribution in [3.8, 4) is 11.5 Å². The number of carboxylic acid groups (broad SMARTS) is 1. The standard InChI is InChI=1S/C12H10N8O2/c21-12(22)7-3-14-6-17-10(7)16-5-9-18-11(20-19-9)8-4-13-1-2-15-8/h1-4,6H,5H2,(H,21,22)(H,14,16,17)(H,18,19,20). The molecular weight excluding hydrogens is 288 g/mol. The Morgan fingerprint density at radius 2 is 2.14 bits per heavy atom. The van der Waals surface area contributed by atoms with Gasteiger partial charge in [0.15, 0.2) is 0 Å². The van der Waals surface area contributed by atoms with Crippen LogP contribution in [0.2, 0.25) is 0 Å². The fourth-order valence-corrected chi connectivity index (χ4v) is 1.70. The minimum Gasteiger partial charge on any atom is -0.477 e. The van der Waals surface area contributed by atoms with Gasteiger partial charge in [-0.05, 0) is 0 Å². The average Bonchev–Trinajstić information content (AvgIpc) is 3.03. The number of aromatic carboxylic acids is 1. The van der Waals surface area contributed by atoms with Crippen molar-refractivity contribution in [3.63, 3.8) is 0 Å². The van der Waals surface area contributed by atoms with E-state index in [4.69, 9.17) is 5.11 Å². The van der Waals surface area contributed by atoms with Gasteiger partial charge in [0, 0.05) is 18.6 Å². The minimum atomic E-state index is -1.11. The molecule has 0 fully saturated rings. The van der Waals surface area contributed by atoms with E-state index in [0.717, 1.165) is 0 Å². The van der Waals surface area contributed by atoms with Crippen LogP contribution in [0, 0.1) is 0 Å². The maximum absolute atomic E-state index is 11.1. The van der Waals surface area contributed by atoms with E-state index in [-0.39, 0.29) is 17.9 Å². The normalized spacial score (nSPS) is 10.4. The smallest absolute Gasteiger partial charge is 0.341 e. The summed E-state index contributed by atoms with van der Waals surface area (Å²) in [6.07, 6.45) is 7.14. The number of rotatable bonds is 5. The van der Waals surface area contributed by atoms with E-state index in [1.807, 2.05) is 0 Å². The Balaban J connectivity index is 1.73. The molecule has 10 heteroatoms. The molecule has 3 N–H and O–H groups in total. The molecule has 0 aliphatic carbocycles. The summed E-state index contributed by atoms with van der Waals surface area (Å²) in [5.74, 6) is 0.0162. The Morgan fingerprint density at radius 3 is 2.91 bits per heavy atom. The molecule has 0 radical (unpaired) electrons. The number of nitrogens with one attached hydrogen (secondary N) is 2. The summed E-state index contributed by atoms with van der Waals surface area (Å²) in [4.78, 5) is 30.9. The molecule has 0 bridgehead atoms. The fraction of sp³-hybridized carbons (Fsp3) is 0.0833. The summed E-state index contributed by atoms with van der Waals surface area (Å²) in [5, 5.41) is 18.7. The van der Waals surface area contributed by atoms with Gasteiger partial charge in [0.05, 0.1) is 12.7 Å². The third-order valence-corrected chi connectivity index (χ3v) is 2.69. The molecule has 0 saturated heterocycles. The molecule has 0 amide bonds. The minimum absolute atomic E-state index is 0.0174. The van der Waals surface area contributed by atoms with Gasteiger partial charge in [0.2, 0.25) is 5.82 Å². The number of hydrogen-bond donors (Lipinski definition) is 3. The first-order chi connectivity index (χ1) is 10.7. The lowest BCUT2D eigenvalue weighted by atomic mass is 10.3. The van der Waals surface area contributed by atoms with Crippen LogP contribution in [0.4, 0.5) is 5.82 Å². The van der Waals surface area contributed by atoms with Crippen molar-refractivity contribution in [3.05, 3.63) is 42.5 Å². The molecule has 22 heavy (non-hydrogen) atoms. The summed E-state index contributed by atoms with van der Waals surface area (Å²) in [6, 6.07) is 0. The Labute approximate surface area is 123 Å². The number of nitrogens with zero attached hydrogens (tertiary/aromatic N) is 6. The van der Waals surface area contributed by atoms with Gasteiger partial charge in [-0.2, -0.15) is 5.10 Å². The lowest BCUT2D eigenvalue weighted by molar-refractivity contribution is 0.0697. The van der Waals surface area contributed by atoms with Gasteiger partial charge in [-0.1, -0.05) is 0 Å². The van der Waals surface area contributed by atoms with Gasteiger partial charge in [0.1, 0.15) is 29.2 Å². The number of aromatic nitrogens is 7. The summed E-state index contributed by atoms with van der Waals surface area (Å²) < 4.78 is 0. The van der Waals surface area contributed by atoms with Gasteiger partial charge >= 0.3 is 5.97 Å². The predicted molar refractivity (Wildman–Crippen MR) is 73.7 cm³/mol. The van der Waals surface area contributed by atoms with Crippen molar-refractivity contribution in [1.82, 2.24) is 35.1 Å². The molecule has 0 atom stereocenters. The van der Waals surface area contributed by atoms with Gasteiger partial charge in [-0.15, -0.1) is 0 Å². The number of H-pyrrole nitrogens is 1. The first kappa shape index (κ1) is 13.5. The lowest BCUT2D eigenvalue weighted by Crippen LogP contribution is -2.09. The van der Waals surface area contributed by atoms with Crippen molar-refractivity contribution in [1.29, 1.82) is 0 Å². The van der Waals surface area contributed by atoms with Crippen LogP contribution in [0.5, 0.6) is 0 Å². The van der Waals surface area contributed by atoms with Crippen LogP contribution in [0.1, 0.15) is 16.2 Å². The Morgan fingerprint density at radius 1 is 1.23 bits per heavy atom. The Kier molecular flexibility index (Phi) is 3.64. The van der Waals surface area contributed by atoms with Gasteiger partial charge < -0.3 is 10.4 Å². The number of aromatic amines is 1. The SMILES string of the molecule is O=C(O)c1cncnc1NCc1nc(-c2cnccn2)n[nH]1. The Hall–Kier alpha value is -3.43. The highest BCUT2D eigenvalue weighted by Crippen LogP contribution is 2.12. The summed E-state index contributed by atoms with van der Waals surface area (Å²) in [7, 11) is 0. The zero-order chi connectivity index (χ0) is 15.4. The monoisotopic (exact) mass is 298 g/mol. The second-order valence-corrected chi connectivity index (χ2v) is 4.14. The molecule has 0 unspecified atom stereocenters. The number of anilines is 1. The van der Waals surface area contributed by atoms with E-state index < -0.39 is 5.97 Å². The Bertz CT molecular complexity index is 789. The average molecular weight is 298 g/mol. The van der Waals surface area contributed by atoms with Crippen molar-refractivity contribution in [2.75, 3.05) is 5.32 Å². The summed E-state index contributed by atoms with van der Waals surface area (Å²) in [5.41, 5.74) is 0.523. The van der Waals surface area contributed by atoms with E-state index in [9.17, 15) is 4.79 Å². The van der Waals surface area contributed by atoms with E-state index in [1.165, 1.54) is 12.5 Å².